The second-order valence-corrected chi connectivity index (χ2v) is 5.30. The van der Waals surface area contributed by atoms with E-state index in [4.69, 9.17) is 5.11 Å². The molecule has 1 aromatic rings. The third kappa shape index (κ3) is 4.26. The van der Waals surface area contributed by atoms with Crippen LogP contribution in [0.4, 0.5) is 10.5 Å². The number of rotatable bonds is 6. The lowest BCUT2D eigenvalue weighted by atomic mass is 10.1. The van der Waals surface area contributed by atoms with Crippen molar-refractivity contribution in [2.75, 3.05) is 11.9 Å². The van der Waals surface area contributed by atoms with Gasteiger partial charge in [0.1, 0.15) is 0 Å². The number of hydrogen-bond donors (Lipinski definition) is 3. The summed E-state index contributed by atoms with van der Waals surface area (Å²) in [5.41, 5.74) is 1.59. The summed E-state index contributed by atoms with van der Waals surface area (Å²) in [6, 6.07) is 4.40. The fourth-order valence-electron chi connectivity index (χ4n) is 2.10. The van der Waals surface area contributed by atoms with E-state index in [1.165, 1.54) is 25.3 Å². The van der Waals surface area contributed by atoms with Crippen molar-refractivity contribution in [2.24, 2.45) is 5.92 Å². The van der Waals surface area contributed by atoms with E-state index in [-0.39, 0.29) is 11.6 Å². The Hall–Kier alpha value is -2.04. The van der Waals surface area contributed by atoms with Crippen molar-refractivity contribution in [1.82, 2.24) is 5.32 Å². The van der Waals surface area contributed by atoms with Crippen LogP contribution in [0, 0.1) is 12.8 Å². The van der Waals surface area contributed by atoms with Crippen molar-refractivity contribution < 1.29 is 14.7 Å². The van der Waals surface area contributed by atoms with E-state index in [1.807, 2.05) is 0 Å². The molecule has 2 rings (SSSR count). The van der Waals surface area contributed by atoms with Gasteiger partial charge in [0, 0.05) is 12.2 Å². The molecule has 108 valence electrons. The van der Waals surface area contributed by atoms with Gasteiger partial charge in [0.25, 0.3) is 0 Å². The third-order valence-electron chi connectivity index (χ3n) is 3.49. The Morgan fingerprint density at radius 3 is 2.70 bits per heavy atom. The Bertz CT molecular complexity index is 510. The van der Waals surface area contributed by atoms with Gasteiger partial charge in [-0.1, -0.05) is 12.8 Å². The van der Waals surface area contributed by atoms with Crippen molar-refractivity contribution in [3.8, 4) is 0 Å². The Labute approximate surface area is 118 Å². The smallest absolute Gasteiger partial charge is 0.335 e. The topological polar surface area (TPSA) is 78.4 Å². The van der Waals surface area contributed by atoms with E-state index >= 15 is 0 Å². The molecule has 0 saturated heterocycles. The van der Waals surface area contributed by atoms with Crippen LogP contribution in [0.1, 0.15) is 41.6 Å². The largest absolute Gasteiger partial charge is 0.478 e. The predicted molar refractivity (Wildman–Crippen MR) is 77.1 cm³/mol. The van der Waals surface area contributed by atoms with Crippen molar-refractivity contribution in [3.63, 3.8) is 0 Å². The number of benzene rings is 1. The third-order valence-corrected chi connectivity index (χ3v) is 3.49. The molecule has 0 bridgehead atoms. The number of carboxylic acids is 1. The summed E-state index contributed by atoms with van der Waals surface area (Å²) in [5, 5.41) is 14.4. The first-order chi connectivity index (χ1) is 9.56. The van der Waals surface area contributed by atoms with E-state index in [0.29, 0.717) is 12.2 Å². The van der Waals surface area contributed by atoms with E-state index in [9.17, 15) is 9.59 Å². The summed E-state index contributed by atoms with van der Waals surface area (Å²) < 4.78 is 0. The molecule has 1 aromatic carbocycles. The fraction of sp³-hybridized carbons (Fsp3) is 0.467. The molecular formula is C15H20N2O3. The standard InChI is InChI=1S/C15H20N2O3/c1-10-9-12(14(18)19)6-7-13(10)17-15(20)16-8-2-3-11-4-5-11/h6-7,9,11H,2-5,8H2,1H3,(H,18,19)(H2,16,17,20). The Morgan fingerprint density at radius 2 is 2.10 bits per heavy atom. The molecule has 20 heavy (non-hydrogen) atoms. The molecule has 0 atom stereocenters. The summed E-state index contributed by atoms with van der Waals surface area (Å²) in [6.45, 7) is 2.45. The first kappa shape index (κ1) is 14.4. The number of carbonyl (C=O) groups excluding carboxylic acids is 1. The molecule has 1 fully saturated rings. The average Bonchev–Trinajstić information content (AvgIpc) is 3.21. The predicted octanol–water partition coefficient (Wildman–Crippen LogP) is 3.00. The molecule has 2 amide bonds. The summed E-state index contributed by atoms with van der Waals surface area (Å²) in [4.78, 5) is 22.5. The van der Waals surface area contributed by atoms with E-state index in [0.717, 1.165) is 17.9 Å². The minimum Gasteiger partial charge on any atom is -0.478 e. The summed E-state index contributed by atoms with van der Waals surface area (Å²) in [6.07, 6.45) is 4.87. The SMILES string of the molecule is Cc1cc(C(=O)O)ccc1NC(=O)NCCCC1CC1. The van der Waals surface area contributed by atoms with Crippen LogP contribution in [0.2, 0.25) is 0 Å². The molecule has 1 saturated carbocycles. The number of carbonyl (C=O) groups is 2. The lowest BCUT2D eigenvalue weighted by Crippen LogP contribution is -2.29. The van der Waals surface area contributed by atoms with Gasteiger partial charge in [-0.2, -0.15) is 0 Å². The number of aryl methyl sites for hydroxylation is 1. The van der Waals surface area contributed by atoms with Crippen LogP contribution in [-0.2, 0) is 0 Å². The van der Waals surface area contributed by atoms with Crippen LogP contribution in [0.5, 0.6) is 0 Å². The van der Waals surface area contributed by atoms with Gasteiger partial charge < -0.3 is 15.7 Å². The van der Waals surface area contributed by atoms with E-state index in [2.05, 4.69) is 10.6 Å². The van der Waals surface area contributed by atoms with Gasteiger partial charge in [-0.3, -0.25) is 0 Å². The number of amides is 2. The maximum Gasteiger partial charge on any atom is 0.335 e. The lowest BCUT2D eigenvalue weighted by molar-refractivity contribution is 0.0697. The van der Waals surface area contributed by atoms with Gasteiger partial charge in [0.15, 0.2) is 0 Å². The van der Waals surface area contributed by atoms with Crippen molar-refractivity contribution >= 4 is 17.7 Å². The van der Waals surface area contributed by atoms with Crippen molar-refractivity contribution in [1.29, 1.82) is 0 Å². The van der Waals surface area contributed by atoms with Crippen LogP contribution in [0.3, 0.4) is 0 Å². The molecule has 0 heterocycles. The monoisotopic (exact) mass is 276 g/mol. The van der Waals surface area contributed by atoms with E-state index in [1.54, 1.807) is 19.1 Å². The van der Waals surface area contributed by atoms with Crippen LogP contribution in [0.25, 0.3) is 0 Å². The highest BCUT2D eigenvalue weighted by atomic mass is 16.4. The van der Waals surface area contributed by atoms with Crippen LogP contribution < -0.4 is 10.6 Å². The van der Waals surface area contributed by atoms with Crippen molar-refractivity contribution in [2.45, 2.75) is 32.6 Å². The molecule has 0 aromatic heterocycles. The minimum atomic E-state index is -0.968. The van der Waals surface area contributed by atoms with Crippen LogP contribution in [0.15, 0.2) is 18.2 Å². The van der Waals surface area contributed by atoms with Gasteiger partial charge in [-0.25, -0.2) is 9.59 Å². The fourth-order valence-corrected chi connectivity index (χ4v) is 2.10. The summed E-state index contributed by atoms with van der Waals surface area (Å²) in [5.74, 6) is -0.0881. The molecule has 5 heteroatoms. The highest BCUT2D eigenvalue weighted by molar-refractivity contribution is 5.92. The molecule has 0 radical (unpaired) electrons. The van der Waals surface area contributed by atoms with Gasteiger partial charge in [-0.15, -0.1) is 0 Å². The number of nitrogens with one attached hydrogen (secondary N) is 2. The minimum absolute atomic E-state index is 0.220. The zero-order chi connectivity index (χ0) is 14.5. The number of anilines is 1. The van der Waals surface area contributed by atoms with Gasteiger partial charge in [0.2, 0.25) is 0 Å². The Balaban J connectivity index is 1.79. The molecule has 1 aliphatic carbocycles. The van der Waals surface area contributed by atoms with Crippen molar-refractivity contribution in [3.05, 3.63) is 29.3 Å². The summed E-state index contributed by atoms with van der Waals surface area (Å²) >= 11 is 0. The second-order valence-electron chi connectivity index (χ2n) is 5.30. The first-order valence-electron chi connectivity index (χ1n) is 6.95. The number of hydrogen-bond acceptors (Lipinski definition) is 2. The van der Waals surface area contributed by atoms with Gasteiger partial charge in [-0.05, 0) is 49.4 Å². The maximum atomic E-state index is 11.7. The molecule has 0 aliphatic heterocycles. The molecule has 5 nitrogen and oxygen atoms in total. The molecule has 3 N–H and O–H groups in total. The van der Waals surface area contributed by atoms with E-state index < -0.39 is 5.97 Å². The molecular weight excluding hydrogens is 256 g/mol. The molecule has 0 spiro atoms. The Morgan fingerprint density at radius 1 is 1.35 bits per heavy atom. The Kier molecular flexibility index (Phi) is 4.61. The maximum absolute atomic E-state index is 11.7. The van der Waals surface area contributed by atoms with Crippen LogP contribution >= 0.6 is 0 Å². The highest BCUT2D eigenvalue weighted by Gasteiger charge is 2.20. The normalized spacial score (nSPS) is 13.8. The zero-order valence-electron chi connectivity index (χ0n) is 11.6. The summed E-state index contributed by atoms with van der Waals surface area (Å²) in [7, 11) is 0. The highest BCUT2D eigenvalue weighted by Crippen LogP contribution is 2.33. The second kappa shape index (κ2) is 6.41. The number of carboxylic acid groups (broad SMARTS) is 1. The average molecular weight is 276 g/mol. The van der Waals surface area contributed by atoms with Gasteiger partial charge >= 0.3 is 12.0 Å². The number of aromatic carboxylic acids is 1. The molecule has 0 unspecified atom stereocenters. The van der Waals surface area contributed by atoms with Gasteiger partial charge in [0.05, 0.1) is 5.56 Å². The quantitative estimate of drug-likeness (QED) is 0.699. The van der Waals surface area contributed by atoms with Crippen LogP contribution in [-0.4, -0.2) is 23.7 Å². The zero-order valence-corrected chi connectivity index (χ0v) is 11.6. The first-order valence-corrected chi connectivity index (χ1v) is 6.95. The number of urea groups is 1. The molecule has 1 aliphatic rings. The lowest BCUT2D eigenvalue weighted by Gasteiger charge is -2.10.